The fourth-order valence-electron chi connectivity index (χ4n) is 4.46. The molecule has 2 heterocycles. The Hall–Kier alpha value is -1.95. The summed E-state index contributed by atoms with van der Waals surface area (Å²) >= 11 is 0. The average Bonchev–Trinajstić information content (AvgIpc) is 2.82. The first-order valence-electron chi connectivity index (χ1n) is 11.7. The van der Waals surface area contributed by atoms with Crippen LogP contribution in [0.5, 0.6) is 0 Å². The third-order valence-electron chi connectivity index (χ3n) is 7.16. The van der Waals surface area contributed by atoms with E-state index in [4.69, 9.17) is 30.1 Å². The van der Waals surface area contributed by atoms with E-state index in [9.17, 15) is 9.90 Å². The largest absolute Gasteiger partial charge is 0.459 e. The van der Waals surface area contributed by atoms with Crippen LogP contribution in [0.1, 0.15) is 45.0 Å². The second kappa shape index (κ2) is 11.5. The molecule has 0 aliphatic carbocycles. The SMILES string of the molecule is C#CCO[C@@H]1OC(COC(=O)c2ccccc2)[C@H](O)[C@H](O[C@@H]2OC(C)[C@@H](C)[C@H](C)C2C)C1C. The summed E-state index contributed by atoms with van der Waals surface area (Å²) in [6.45, 7) is 10.3. The first-order chi connectivity index (χ1) is 15.7. The molecule has 2 aliphatic rings. The Kier molecular flexibility index (Phi) is 8.91. The van der Waals surface area contributed by atoms with Gasteiger partial charge in [-0.3, -0.25) is 0 Å². The Labute approximate surface area is 196 Å². The van der Waals surface area contributed by atoms with E-state index in [1.807, 2.05) is 19.9 Å². The number of carbonyl (C=O) groups excluding carboxylic acids is 1. The fraction of sp³-hybridized carbons (Fsp3) is 0.654. The Balaban J connectivity index is 1.72. The molecular formula is C26H36O7. The second-order valence-electron chi connectivity index (χ2n) is 9.26. The van der Waals surface area contributed by atoms with Crippen LogP contribution < -0.4 is 0 Å². The van der Waals surface area contributed by atoms with Crippen LogP contribution in [0.3, 0.4) is 0 Å². The highest BCUT2D eigenvalue weighted by molar-refractivity contribution is 5.89. The van der Waals surface area contributed by atoms with E-state index in [0.29, 0.717) is 17.4 Å². The standard InChI is InChI=1S/C26H36O7/c1-7-13-29-25-18(5)23(33-26-17(4)15(2)16(3)19(6)31-26)22(27)21(32-25)14-30-24(28)20-11-9-8-10-12-20/h1,8-12,15-19,21-23,25-27H,13-14H2,2-6H3/t15-,16-,17?,18?,19?,21?,22-,23+,25+,26-/m0/s1. The molecule has 1 N–H and O–H groups in total. The molecule has 0 bridgehead atoms. The first-order valence-corrected chi connectivity index (χ1v) is 11.7. The molecule has 0 aromatic heterocycles. The van der Waals surface area contributed by atoms with E-state index in [0.717, 1.165) is 0 Å². The smallest absolute Gasteiger partial charge is 0.338 e. The Morgan fingerprint density at radius 2 is 1.70 bits per heavy atom. The van der Waals surface area contributed by atoms with Gasteiger partial charge in [-0.05, 0) is 30.9 Å². The van der Waals surface area contributed by atoms with Crippen molar-refractivity contribution in [2.75, 3.05) is 13.2 Å². The summed E-state index contributed by atoms with van der Waals surface area (Å²) in [6, 6.07) is 8.66. The minimum Gasteiger partial charge on any atom is -0.459 e. The maximum atomic E-state index is 12.4. The van der Waals surface area contributed by atoms with Crippen LogP contribution in [0.2, 0.25) is 0 Å². The summed E-state index contributed by atoms with van der Waals surface area (Å²) in [6.07, 6.45) is 1.66. The molecule has 1 aromatic carbocycles. The number of terminal acetylenes is 1. The molecule has 0 radical (unpaired) electrons. The summed E-state index contributed by atoms with van der Waals surface area (Å²) in [5.74, 6) is 2.54. The number of benzene rings is 1. The van der Waals surface area contributed by atoms with Gasteiger partial charge in [0.1, 0.15) is 25.4 Å². The van der Waals surface area contributed by atoms with E-state index in [-0.39, 0.29) is 31.2 Å². The number of carbonyl (C=O) groups is 1. The van der Waals surface area contributed by atoms with Gasteiger partial charge in [-0.2, -0.15) is 0 Å². The van der Waals surface area contributed by atoms with Gasteiger partial charge in [0.05, 0.1) is 17.8 Å². The molecule has 4 unspecified atom stereocenters. The number of aliphatic hydroxyl groups excluding tert-OH is 1. The molecule has 7 heteroatoms. The van der Waals surface area contributed by atoms with Crippen LogP contribution in [0, 0.1) is 36.0 Å². The zero-order chi connectivity index (χ0) is 24.1. The van der Waals surface area contributed by atoms with Crippen molar-refractivity contribution in [3.8, 4) is 12.3 Å². The van der Waals surface area contributed by atoms with E-state index in [2.05, 4.69) is 26.7 Å². The van der Waals surface area contributed by atoms with Gasteiger partial charge in [0.2, 0.25) is 0 Å². The highest BCUT2D eigenvalue weighted by Crippen LogP contribution is 2.38. The van der Waals surface area contributed by atoms with E-state index < -0.39 is 36.9 Å². The lowest BCUT2D eigenvalue weighted by Crippen LogP contribution is -2.59. The summed E-state index contributed by atoms with van der Waals surface area (Å²) < 4.78 is 29.6. The van der Waals surface area contributed by atoms with Crippen molar-refractivity contribution >= 4 is 5.97 Å². The van der Waals surface area contributed by atoms with Crippen molar-refractivity contribution in [1.29, 1.82) is 0 Å². The van der Waals surface area contributed by atoms with Crippen LogP contribution in [0.25, 0.3) is 0 Å². The molecule has 10 atom stereocenters. The van der Waals surface area contributed by atoms with E-state index in [1.54, 1.807) is 24.3 Å². The van der Waals surface area contributed by atoms with Crippen molar-refractivity contribution in [2.45, 2.75) is 71.6 Å². The Morgan fingerprint density at radius 3 is 2.36 bits per heavy atom. The van der Waals surface area contributed by atoms with Crippen LogP contribution >= 0.6 is 0 Å². The highest BCUT2D eigenvalue weighted by atomic mass is 16.7. The van der Waals surface area contributed by atoms with Gasteiger partial charge < -0.3 is 28.8 Å². The number of hydrogen-bond donors (Lipinski definition) is 1. The van der Waals surface area contributed by atoms with Gasteiger partial charge in [0.15, 0.2) is 12.6 Å². The molecule has 0 spiro atoms. The van der Waals surface area contributed by atoms with Crippen LogP contribution in [0.4, 0.5) is 0 Å². The van der Waals surface area contributed by atoms with E-state index >= 15 is 0 Å². The van der Waals surface area contributed by atoms with Crippen LogP contribution in [0.15, 0.2) is 30.3 Å². The Morgan fingerprint density at radius 1 is 1.00 bits per heavy atom. The maximum Gasteiger partial charge on any atom is 0.338 e. The van der Waals surface area contributed by atoms with Crippen LogP contribution in [-0.4, -0.2) is 61.3 Å². The van der Waals surface area contributed by atoms with Crippen molar-refractivity contribution in [1.82, 2.24) is 0 Å². The van der Waals surface area contributed by atoms with Gasteiger partial charge >= 0.3 is 5.97 Å². The predicted octanol–water partition coefficient (Wildman–Crippen LogP) is 3.25. The van der Waals surface area contributed by atoms with Crippen LogP contribution in [-0.2, 0) is 23.7 Å². The summed E-state index contributed by atoms with van der Waals surface area (Å²) in [4.78, 5) is 12.4. The molecule has 33 heavy (non-hydrogen) atoms. The number of ether oxygens (including phenoxy) is 5. The molecule has 2 aliphatic heterocycles. The van der Waals surface area contributed by atoms with Crippen molar-refractivity contribution in [2.24, 2.45) is 23.7 Å². The minimum atomic E-state index is -1.05. The lowest BCUT2D eigenvalue weighted by Gasteiger charge is -2.47. The highest BCUT2D eigenvalue weighted by Gasteiger charge is 2.48. The van der Waals surface area contributed by atoms with Crippen molar-refractivity contribution < 1.29 is 33.6 Å². The number of hydrogen-bond acceptors (Lipinski definition) is 7. The van der Waals surface area contributed by atoms with Gasteiger partial charge in [0, 0.05) is 11.8 Å². The lowest BCUT2D eigenvalue weighted by atomic mass is 9.79. The second-order valence-corrected chi connectivity index (χ2v) is 9.26. The molecule has 182 valence electrons. The van der Waals surface area contributed by atoms with Crippen molar-refractivity contribution in [3.63, 3.8) is 0 Å². The molecule has 7 nitrogen and oxygen atoms in total. The molecule has 0 amide bonds. The molecule has 0 saturated carbocycles. The lowest BCUT2D eigenvalue weighted by molar-refractivity contribution is -0.330. The molecule has 3 rings (SSSR count). The Bertz CT molecular complexity index is 807. The molecule has 2 fully saturated rings. The molecular weight excluding hydrogens is 424 g/mol. The zero-order valence-corrected chi connectivity index (χ0v) is 20.0. The third kappa shape index (κ3) is 5.95. The number of rotatable bonds is 7. The van der Waals surface area contributed by atoms with Gasteiger partial charge in [-0.15, -0.1) is 6.42 Å². The van der Waals surface area contributed by atoms with Gasteiger partial charge in [-0.25, -0.2) is 4.79 Å². The van der Waals surface area contributed by atoms with E-state index in [1.165, 1.54) is 0 Å². The monoisotopic (exact) mass is 460 g/mol. The summed E-state index contributed by atoms with van der Waals surface area (Å²) in [5, 5.41) is 11.1. The minimum absolute atomic E-state index is 0.0320. The third-order valence-corrected chi connectivity index (χ3v) is 7.16. The van der Waals surface area contributed by atoms with Crippen molar-refractivity contribution in [3.05, 3.63) is 35.9 Å². The summed E-state index contributed by atoms with van der Waals surface area (Å²) in [5.41, 5.74) is 0.422. The normalized spacial score (nSPS) is 38.9. The van der Waals surface area contributed by atoms with Gasteiger partial charge in [0.25, 0.3) is 0 Å². The number of aliphatic hydroxyl groups is 1. The zero-order valence-electron chi connectivity index (χ0n) is 20.0. The predicted molar refractivity (Wildman–Crippen MR) is 122 cm³/mol. The molecule has 2 saturated heterocycles. The summed E-state index contributed by atoms with van der Waals surface area (Å²) in [7, 11) is 0. The maximum absolute atomic E-state index is 12.4. The number of esters is 1. The quantitative estimate of drug-likeness (QED) is 0.494. The topological polar surface area (TPSA) is 83.5 Å². The average molecular weight is 461 g/mol. The first kappa shape index (κ1) is 25.7. The fourth-order valence-corrected chi connectivity index (χ4v) is 4.46. The molecule has 1 aromatic rings. The van der Waals surface area contributed by atoms with Gasteiger partial charge in [-0.1, -0.05) is 51.8 Å².